The minimum Gasteiger partial charge on any atom is -0.487 e. The van der Waals surface area contributed by atoms with Gasteiger partial charge in [-0.05, 0) is 51.6 Å². The number of thiophene rings is 1. The van der Waals surface area contributed by atoms with Crippen molar-refractivity contribution in [3.05, 3.63) is 57.3 Å². The van der Waals surface area contributed by atoms with Gasteiger partial charge in [0.15, 0.2) is 0 Å². The standard InChI is InChI=1S/C14H10BrNOS/c15-11-6-8-18-14(11)9-17-13-5-1-4-12-10(13)3-2-7-16-12/h1-8H,9H2. The van der Waals surface area contributed by atoms with Crippen LogP contribution >= 0.6 is 27.3 Å². The normalized spacial score (nSPS) is 10.7. The van der Waals surface area contributed by atoms with Crippen molar-refractivity contribution in [3.63, 3.8) is 0 Å². The van der Waals surface area contributed by atoms with Crippen LogP contribution in [0.5, 0.6) is 5.75 Å². The van der Waals surface area contributed by atoms with Crippen molar-refractivity contribution in [1.82, 2.24) is 4.98 Å². The summed E-state index contributed by atoms with van der Waals surface area (Å²) >= 11 is 5.19. The molecule has 3 rings (SSSR count). The first-order valence-electron chi connectivity index (χ1n) is 5.53. The van der Waals surface area contributed by atoms with Gasteiger partial charge in [-0.2, -0.15) is 0 Å². The van der Waals surface area contributed by atoms with Crippen LogP contribution in [-0.4, -0.2) is 4.98 Å². The van der Waals surface area contributed by atoms with E-state index in [9.17, 15) is 0 Å². The number of hydrogen-bond donors (Lipinski definition) is 0. The average molecular weight is 320 g/mol. The molecular formula is C14H10BrNOS. The molecule has 0 unspecified atom stereocenters. The predicted molar refractivity (Wildman–Crippen MR) is 78.1 cm³/mol. The molecule has 0 aliphatic rings. The molecule has 1 aromatic carbocycles. The second-order valence-corrected chi connectivity index (χ2v) is 5.66. The van der Waals surface area contributed by atoms with Crippen LogP contribution in [0, 0.1) is 0 Å². The van der Waals surface area contributed by atoms with Gasteiger partial charge in [-0.25, -0.2) is 0 Å². The van der Waals surface area contributed by atoms with E-state index in [0.29, 0.717) is 6.61 Å². The van der Waals surface area contributed by atoms with Gasteiger partial charge in [0.05, 0.1) is 10.4 Å². The number of benzene rings is 1. The van der Waals surface area contributed by atoms with E-state index in [0.717, 1.165) is 21.1 Å². The van der Waals surface area contributed by atoms with Crippen LogP contribution in [0.15, 0.2) is 52.4 Å². The summed E-state index contributed by atoms with van der Waals surface area (Å²) in [6.45, 7) is 0.576. The van der Waals surface area contributed by atoms with Gasteiger partial charge in [0.1, 0.15) is 12.4 Å². The van der Waals surface area contributed by atoms with E-state index in [1.165, 1.54) is 4.88 Å². The number of pyridine rings is 1. The van der Waals surface area contributed by atoms with E-state index >= 15 is 0 Å². The van der Waals surface area contributed by atoms with Crippen LogP contribution in [0.4, 0.5) is 0 Å². The Morgan fingerprint density at radius 1 is 1.17 bits per heavy atom. The highest BCUT2D eigenvalue weighted by Gasteiger charge is 2.05. The molecule has 2 nitrogen and oxygen atoms in total. The van der Waals surface area contributed by atoms with Crippen LogP contribution in [0.2, 0.25) is 0 Å². The number of nitrogens with zero attached hydrogens (tertiary/aromatic N) is 1. The first kappa shape index (κ1) is 11.7. The Hall–Kier alpha value is -1.39. The monoisotopic (exact) mass is 319 g/mol. The van der Waals surface area contributed by atoms with Crippen LogP contribution < -0.4 is 4.74 Å². The smallest absolute Gasteiger partial charge is 0.129 e. The van der Waals surface area contributed by atoms with Gasteiger partial charge in [0, 0.05) is 16.1 Å². The molecule has 0 aliphatic heterocycles. The van der Waals surface area contributed by atoms with Crippen LogP contribution in [0.25, 0.3) is 10.9 Å². The van der Waals surface area contributed by atoms with Gasteiger partial charge < -0.3 is 4.74 Å². The lowest BCUT2D eigenvalue weighted by atomic mass is 10.2. The third-order valence-electron chi connectivity index (χ3n) is 2.66. The van der Waals surface area contributed by atoms with Crippen molar-refractivity contribution < 1.29 is 4.74 Å². The Morgan fingerprint density at radius 3 is 2.94 bits per heavy atom. The highest BCUT2D eigenvalue weighted by atomic mass is 79.9. The second-order valence-electron chi connectivity index (χ2n) is 3.81. The molecule has 2 aromatic heterocycles. The molecule has 3 aromatic rings. The maximum absolute atomic E-state index is 5.88. The zero-order chi connectivity index (χ0) is 12.4. The van der Waals surface area contributed by atoms with Gasteiger partial charge in [-0.3, -0.25) is 4.98 Å². The van der Waals surface area contributed by atoms with Crippen molar-refractivity contribution >= 4 is 38.2 Å². The predicted octanol–water partition coefficient (Wildman–Crippen LogP) is 4.64. The summed E-state index contributed by atoms with van der Waals surface area (Å²) in [4.78, 5) is 5.51. The third-order valence-corrected chi connectivity index (χ3v) is 4.56. The van der Waals surface area contributed by atoms with Crippen LogP contribution in [-0.2, 0) is 6.61 Å². The molecule has 4 heteroatoms. The maximum atomic E-state index is 5.88. The van der Waals surface area contributed by atoms with Crippen molar-refractivity contribution in [2.75, 3.05) is 0 Å². The zero-order valence-electron chi connectivity index (χ0n) is 9.47. The minimum atomic E-state index is 0.576. The summed E-state index contributed by atoms with van der Waals surface area (Å²) in [7, 11) is 0. The Kier molecular flexibility index (Phi) is 3.30. The van der Waals surface area contributed by atoms with Gasteiger partial charge in [-0.1, -0.05) is 6.07 Å². The van der Waals surface area contributed by atoms with Crippen molar-refractivity contribution in [1.29, 1.82) is 0 Å². The average Bonchev–Trinajstić information content (AvgIpc) is 2.82. The van der Waals surface area contributed by atoms with E-state index in [4.69, 9.17) is 4.74 Å². The lowest BCUT2D eigenvalue weighted by Gasteiger charge is -2.08. The molecule has 0 saturated heterocycles. The van der Waals surface area contributed by atoms with Gasteiger partial charge >= 0.3 is 0 Å². The first-order chi connectivity index (χ1) is 8.84. The fraction of sp³-hybridized carbons (Fsp3) is 0.0714. The Morgan fingerprint density at radius 2 is 2.11 bits per heavy atom. The summed E-state index contributed by atoms with van der Waals surface area (Å²) in [5, 5.41) is 3.10. The van der Waals surface area contributed by atoms with Crippen LogP contribution in [0.3, 0.4) is 0 Å². The lowest BCUT2D eigenvalue weighted by Crippen LogP contribution is -1.94. The largest absolute Gasteiger partial charge is 0.487 e. The second kappa shape index (κ2) is 5.08. The molecule has 0 bridgehead atoms. The molecule has 0 saturated carbocycles. The van der Waals surface area contributed by atoms with Crippen molar-refractivity contribution in [3.8, 4) is 5.75 Å². The minimum absolute atomic E-state index is 0.576. The number of aromatic nitrogens is 1. The first-order valence-corrected chi connectivity index (χ1v) is 7.20. The van der Waals surface area contributed by atoms with Crippen molar-refractivity contribution in [2.45, 2.75) is 6.61 Å². The number of hydrogen-bond acceptors (Lipinski definition) is 3. The highest BCUT2D eigenvalue weighted by molar-refractivity contribution is 9.10. The van der Waals surface area contributed by atoms with E-state index < -0.39 is 0 Å². The SMILES string of the molecule is Brc1ccsc1COc1cccc2ncccc12. The lowest BCUT2D eigenvalue weighted by molar-refractivity contribution is 0.313. The molecule has 0 amide bonds. The van der Waals surface area contributed by atoms with E-state index in [-0.39, 0.29) is 0 Å². The Labute approximate surface area is 117 Å². The summed E-state index contributed by atoms with van der Waals surface area (Å²) in [6, 6.07) is 11.9. The van der Waals surface area contributed by atoms with Gasteiger partial charge in [-0.15, -0.1) is 11.3 Å². The van der Waals surface area contributed by atoms with E-state index in [1.54, 1.807) is 17.5 Å². The molecule has 0 atom stereocenters. The third kappa shape index (κ3) is 2.26. The Balaban J connectivity index is 1.89. The van der Waals surface area contributed by atoms with E-state index in [1.807, 2.05) is 41.8 Å². The molecule has 0 fully saturated rings. The molecule has 0 aliphatic carbocycles. The fourth-order valence-corrected chi connectivity index (χ4v) is 3.15. The molecule has 18 heavy (non-hydrogen) atoms. The summed E-state index contributed by atoms with van der Waals surface area (Å²) in [5.41, 5.74) is 0.959. The number of fused-ring (bicyclic) bond motifs is 1. The van der Waals surface area contributed by atoms with Crippen molar-refractivity contribution in [2.24, 2.45) is 0 Å². The molecule has 0 N–H and O–H groups in total. The number of halogens is 1. The van der Waals surface area contributed by atoms with E-state index in [2.05, 4.69) is 20.9 Å². The topological polar surface area (TPSA) is 22.1 Å². The molecule has 0 spiro atoms. The summed E-state index contributed by atoms with van der Waals surface area (Å²) < 4.78 is 6.99. The molecule has 90 valence electrons. The van der Waals surface area contributed by atoms with Gasteiger partial charge in [0.25, 0.3) is 0 Å². The summed E-state index contributed by atoms with van der Waals surface area (Å²) in [5.74, 6) is 0.876. The van der Waals surface area contributed by atoms with Crippen LogP contribution in [0.1, 0.15) is 4.88 Å². The highest BCUT2D eigenvalue weighted by Crippen LogP contribution is 2.27. The molecule has 0 radical (unpaired) electrons. The fourth-order valence-electron chi connectivity index (χ4n) is 1.77. The molecule has 2 heterocycles. The zero-order valence-corrected chi connectivity index (χ0v) is 11.9. The number of rotatable bonds is 3. The number of ether oxygens (including phenoxy) is 1. The maximum Gasteiger partial charge on any atom is 0.129 e. The Bertz CT molecular complexity index is 675. The quantitative estimate of drug-likeness (QED) is 0.701. The summed E-state index contributed by atoms with van der Waals surface area (Å²) in [6.07, 6.45) is 1.79. The molecular weight excluding hydrogens is 310 g/mol. The van der Waals surface area contributed by atoms with Gasteiger partial charge in [0.2, 0.25) is 0 Å².